The molecule has 2 aromatic heterocycles. The van der Waals surface area contributed by atoms with Crippen molar-refractivity contribution in [1.82, 2.24) is 9.97 Å². The van der Waals surface area contributed by atoms with E-state index in [4.69, 9.17) is 0 Å². The molecule has 17 heavy (non-hydrogen) atoms. The molecule has 3 nitrogen and oxygen atoms in total. The first-order valence-corrected chi connectivity index (χ1v) is 7.85. The van der Waals surface area contributed by atoms with Crippen molar-refractivity contribution in [3.8, 4) is 10.7 Å². The molecule has 2 rings (SSSR count). The van der Waals surface area contributed by atoms with Gasteiger partial charge >= 0.3 is 0 Å². The Morgan fingerprint density at radius 3 is 2.88 bits per heavy atom. The summed E-state index contributed by atoms with van der Waals surface area (Å²) in [4.78, 5) is 20.1. The fourth-order valence-corrected chi connectivity index (χ4v) is 3.32. The molecular weight excluding hydrogens is 415 g/mol. The van der Waals surface area contributed by atoms with E-state index in [-0.39, 0.29) is 5.56 Å². The largest absolute Gasteiger partial charge is 0.305 e. The molecule has 0 unspecified atom stereocenters. The van der Waals surface area contributed by atoms with Crippen LogP contribution in [0, 0.1) is 3.57 Å². The lowest BCUT2D eigenvalue weighted by Gasteiger charge is -2.04. The lowest BCUT2D eigenvalue weighted by molar-refractivity contribution is 0.861. The summed E-state index contributed by atoms with van der Waals surface area (Å²) in [6.45, 7) is 2.08. The fraction of sp³-hybridized carbons (Fsp3) is 0.273. The number of rotatable bonds is 3. The first-order valence-electron chi connectivity index (χ1n) is 5.16. The first kappa shape index (κ1) is 13.2. The zero-order chi connectivity index (χ0) is 12.4. The number of hydrogen-bond donors (Lipinski definition) is 1. The summed E-state index contributed by atoms with van der Waals surface area (Å²) in [5, 5.41) is 0. The Labute approximate surface area is 125 Å². The Bertz CT molecular complexity index is 593. The molecule has 0 aliphatic rings. The maximum Gasteiger partial charge on any atom is 0.264 e. The van der Waals surface area contributed by atoms with E-state index in [0.29, 0.717) is 9.39 Å². The number of aromatic amines is 1. The van der Waals surface area contributed by atoms with Crippen LogP contribution in [0.5, 0.6) is 0 Å². The normalized spacial score (nSPS) is 10.8. The van der Waals surface area contributed by atoms with Gasteiger partial charge in [0.2, 0.25) is 0 Å². The molecule has 6 heteroatoms. The maximum atomic E-state index is 11.8. The minimum atomic E-state index is -0.0522. The number of aromatic nitrogens is 2. The summed E-state index contributed by atoms with van der Waals surface area (Å²) in [6.07, 6.45) is 1.82. The topological polar surface area (TPSA) is 45.8 Å². The van der Waals surface area contributed by atoms with Gasteiger partial charge in [-0.1, -0.05) is 13.3 Å². The van der Waals surface area contributed by atoms with Crippen molar-refractivity contribution in [3.63, 3.8) is 0 Å². The molecule has 0 aromatic carbocycles. The Balaban J connectivity index is 2.52. The van der Waals surface area contributed by atoms with Gasteiger partial charge in [0.1, 0.15) is 0 Å². The van der Waals surface area contributed by atoms with Gasteiger partial charge in [0.15, 0.2) is 5.82 Å². The smallest absolute Gasteiger partial charge is 0.264 e. The number of nitrogens with one attached hydrogen (secondary N) is 1. The van der Waals surface area contributed by atoms with Crippen molar-refractivity contribution in [1.29, 1.82) is 0 Å². The van der Waals surface area contributed by atoms with E-state index in [9.17, 15) is 4.79 Å². The van der Waals surface area contributed by atoms with E-state index in [1.807, 2.05) is 12.1 Å². The summed E-state index contributed by atoms with van der Waals surface area (Å²) in [7, 11) is 0. The number of thiophene rings is 1. The van der Waals surface area contributed by atoms with Crippen molar-refractivity contribution in [2.45, 2.75) is 19.8 Å². The maximum absolute atomic E-state index is 11.8. The van der Waals surface area contributed by atoms with Crippen LogP contribution in [-0.2, 0) is 6.42 Å². The Hall–Kier alpha value is -0.210. The fourth-order valence-electron chi connectivity index (χ4n) is 1.47. The van der Waals surface area contributed by atoms with Crippen molar-refractivity contribution < 1.29 is 0 Å². The highest BCUT2D eigenvalue weighted by atomic mass is 127. The summed E-state index contributed by atoms with van der Waals surface area (Å²) < 4.78 is 1.73. The zero-order valence-corrected chi connectivity index (χ0v) is 13.6. The van der Waals surface area contributed by atoms with Crippen LogP contribution in [0.4, 0.5) is 0 Å². The third-order valence-corrected chi connectivity index (χ3v) is 4.97. The highest BCUT2D eigenvalue weighted by Crippen LogP contribution is 2.28. The molecule has 0 saturated heterocycles. The van der Waals surface area contributed by atoms with E-state index >= 15 is 0 Å². The van der Waals surface area contributed by atoms with Gasteiger partial charge in [0, 0.05) is 0 Å². The van der Waals surface area contributed by atoms with Crippen molar-refractivity contribution in [2.24, 2.45) is 0 Å². The SMILES string of the molecule is CCCc1nc(-c2ccc(Br)s2)[nH]c(=O)c1I. The number of aryl methyl sites for hydroxylation is 1. The molecule has 0 atom stereocenters. The number of hydrogen-bond acceptors (Lipinski definition) is 3. The lowest BCUT2D eigenvalue weighted by Crippen LogP contribution is -2.16. The lowest BCUT2D eigenvalue weighted by atomic mass is 10.2. The average Bonchev–Trinajstić information content (AvgIpc) is 2.71. The predicted molar refractivity (Wildman–Crippen MR) is 82.6 cm³/mol. The van der Waals surface area contributed by atoms with E-state index < -0.39 is 0 Å². The molecule has 0 spiro atoms. The second kappa shape index (κ2) is 5.62. The molecule has 2 aromatic rings. The van der Waals surface area contributed by atoms with Crippen LogP contribution in [0.15, 0.2) is 20.7 Å². The number of halogens is 2. The molecule has 90 valence electrons. The standard InChI is InChI=1S/C11H10BrIN2OS/c1-2-3-6-9(13)11(16)15-10(14-6)7-4-5-8(12)17-7/h4-5H,2-3H2,1H3,(H,14,15,16). The minimum Gasteiger partial charge on any atom is -0.305 e. The van der Waals surface area contributed by atoms with Gasteiger partial charge in [-0.15, -0.1) is 11.3 Å². The molecular formula is C11H10BrIN2OS. The van der Waals surface area contributed by atoms with Gasteiger partial charge in [0.25, 0.3) is 5.56 Å². The van der Waals surface area contributed by atoms with Crippen LogP contribution >= 0.6 is 49.9 Å². The summed E-state index contributed by atoms with van der Waals surface area (Å²) in [5.74, 6) is 0.662. The van der Waals surface area contributed by atoms with Gasteiger partial charge < -0.3 is 4.98 Å². The van der Waals surface area contributed by atoms with Crippen molar-refractivity contribution >= 4 is 49.9 Å². The second-order valence-corrected chi connectivity index (χ2v) is 7.07. The highest BCUT2D eigenvalue weighted by Gasteiger charge is 2.10. The monoisotopic (exact) mass is 424 g/mol. The van der Waals surface area contributed by atoms with Gasteiger partial charge in [-0.25, -0.2) is 4.98 Å². The summed E-state index contributed by atoms with van der Waals surface area (Å²) >= 11 is 7.03. The average molecular weight is 425 g/mol. The summed E-state index contributed by atoms with van der Waals surface area (Å²) in [6, 6.07) is 3.91. The molecule has 0 aliphatic heterocycles. The Morgan fingerprint density at radius 2 is 2.29 bits per heavy atom. The number of H-pyrrole nitrogens is 1. The molecule has 0 saturated carbocycles. The highest BCUT2D eigenvalue weighted by molar-refractivity contribution is 14.1. The third kappa shape index (κ3) is 2.97. The number of nitrogens with zero attached hydrogens (tertiary/aromatic N) is 1. The third-order valence-electron chi connectivity index (χ3n) is 2.22. The Kier molecular flexibility index (Phi) is 4.37. The van der Waals surface area contributed by atoms with Gasteiger partial charge in [0.05, 0.1) is 17.9 Å². The molecule has 0 fully saturated rings. The van der Waals surface area contributed by atoms with E-state index in [1.165, 1.54) is 0 Å². The van der Waals surface area contributed by atoms with E-state index in [1.54, 1.807) is 11.3 Å². The molecule has 1 N–H and O–H groups in total. The molecule has 0 bridgehead atoms. The summed E-state index contributed by atoms with van der Waals surface area (Å²) in [5.41, 5.74) is 0.833. The quantitative estimate of drug-likeness (QED) is 0.761. The van der Waals surface area contributed by atoms with Crippen molar-refractivity contribution in [3.05, 3.63) is 35.5 Å². The van der Waals surface area contributed by atoms with Crippen LogP contribution in [0.1, 0.15) is 19.0 Å². The first-order chi connectivity index (χ1) is 8.11. The molecule has 2 heterocycles. The molecule has 0 amide bonds. The van der Waals surface area contributed by atoms with Crippen molar-refractivity contribution in [2.75, 3.05) is 0 Å². The van der Waals surface area contributed by atoms with E-state index in [0.717, 1.165) is 27.2 Å². The van der Waals surface area contributed by atoms with Gasteiger partial charge in [-0.2, -0.15) is 0 Å². The van der Waals surface area contributed by atoms with Crippen LogP contribution in [0.2, 0.25) is 0 Å². The van der Waals surface area contributed by atoms with Gasteiger partial charge in [-0.05, 0) is 57.1 Å². The van der Waals surface area contributed by atoms with E-state index in [2.05, 4.69) is 55.4 Å². The van der Waals surface area contributed by atoms with Crippen LogP contribution in [-0.4, -0.2) is 9.97 Å². The minimum absolute atomic E-state index is 0.0522. The Morgan fingerprint density at radius 1 is 1.53 bits per heavy atom. The van der Waals surface area contributed by atoms with Crippen LogP contribution in [0.3, 0.4) is 0 Å². The molecule has 0 aliphatic carbocycles. The second-order valence-electron chi connectivity index (χ2n) is 3.53. The van der Waals surface area contributed by atoms with Crippen LogP contribution in [0.25, 0.3) is 10.7 Å². The van der Waals surface area contributed by atoms with Gasteiger partial charge in [-0.3, -0.25) is 4.79 Å². The molecule has 0 radical (unpaired) electrons. The predicted octanol–water partition coefficient (Wildman–Crippen LogP) is 3.82. The van der Waals surface area contributed by atoms with Crippen LogP contribution < -0.4 is 5.56 Å². The zero-order valence-electron chi connectivity index (χ0n) is 9.09.